The van der Waals surface area contributed by atoms with Gasteiger partial charge in [0.05, 0.1) is 19.8 Å². The summed E-state index contributed by atoms with van der Waals surface area (Å²) < 4.78 is 11.5. The molecule has 0 aliphatic carbocycles. The van der Waals surface area contributed by atoms with Gasteiger partial charge < -0.3 is 14.4 Å². The molecule has 3 saturated heterocycles. The van der Waals surface area contributed by atoms with Crippen molar-refractivity contribution in [1.82, 2.24) is 19.8 Å². The molecule has 0 N–H and O–H groups in total. The Hall–Kier alpha value is -1.57. The van der Waals surface area contributed by atoms with Crippen molar-refractivity contribution in [2.24, 2.45) is 0 Å². The summed E-state index contributed by atoms with van der Waals surface area (Å²) in [6, 6.07) is 2.01. The van der Waals surface area contributed by atoms with Crippen LogP contribution in [-0.2, 0) is 14.3 Å². The number of ether oxygens (including phenoxy) is 2. The van der Waals surface area contributed by atoms with E-state index in [4.69, 9.17) is 9.47 Å². The van der Waals surface area contributed by atoms with Gasteiger partial charge in [0.25, 0.3) is 0 Å². The summed E-state index contributed by atoms with van der Waals surface area (Å²) in [5.41, 5.74) is 1.10. The molecule has 26 heavy (non-hydrogen) atoms. The van der Waals surface area contributed by atoms with E-state index in [-0.39, 0.29) is 5.91 Å². The number of nitrogens with zero attached hydrogens (tertiary/aromatic N) is 4. The average Bonchev–Trinajstić information content (AvgIpc) is 3.10. The van der Waals surface area contributed by atoms with Gasteiger partial charge in [0, 0.05) is 50.3 Å². The van der Waals surface area contributed by atoms with Gasteiger partial charge in [-0.2, -0.15) is 0 Å². The second kappa shape index (κ2) is 7.58. The van der Waals surface area contributed by atoms with Crippen molar-refractivity contribution in [3.05, 3.63) is 23.8 Å². The van der Waals surface area contributed by atoms with Crippen molar-refractivity contribution >= 4 is 5.91 Å². The van der Waals surface area contributed by atoms with Crippen molar-refractivity contribution in [3.63, 3.8) is 0 Å². The van der Waals surface area contributed by atoms with Gasteiger partial charge in [0.15, 0.2) is 5.79 Å². The van der Waals surface area contributed by atoms with Crippen LogP contribution in [0, 0.1) is 6.92 Å². The predicted molar refractivity (Wildman–Crippen MR) is 95.6 cm³/mol. The molecule has 0 radical (unpaired) electrons. The molecule has 1 atom stereocenters. The van der Waals surface area contributed by atoms with E-state index in [1.807, 2.05) is 24.1 Å². The smallest absolute Gasteiger partial charge is 0.236 e. The van der Waals surface area contributed by atoms with Gasteiger partial charge in [-0.05, 0) is 32.4 Å². The number of carbonyl (C=O) groups excluding carboxylic acids is 1. The molecule has 1 spiro atoms. The van der Waals surface area contributed by atoms with Crippen LogP contribution in [0.4, 0.5) is 0 Å². The lowest BCUT2D eigenvalue weighted by molar-refractivity contribution is -0.187. The molecule has 0 saturated carbocycles. The Morgan fingerprint density at radius 1 is 1.27 bits per heavy atom. The lowest BCUT2D eigenvalue weighted by Gasteiger charge is -2.39. The first-order chi connectivity index (χ1) is 12.6. The number of aryl methyl sites for hydroxylation is 1. The van der Waals surface area contributed by atoms with Gasteiger partial charge in [-0.3, -0.25) is 9.69 Å². The fourth-order valence-electron chi connectivity index (χ4n) is 4.32. The first-order valence-corrected chi connectivity index (χ1v) is 9.71. The van der Waals surface area contributed by atoms with Gasteiger partial charge in [-0.25, -0.2) is 9.97 Å². The van der Waals surface area contributed by atoms with Gasteiger partial charge in [-0.15, -0.1) is 0 Å². The van der Waals surface area contributed by atoms with Crippen molar-refractivity contribution in [3.8, 4) is 0 Å². The number of aromatic nitrogens is 2. The fourth-order valence-corrected chi connectivity index (χ4v) is 4.32. The molecule has 142 valence electrons. The van der Waals surface area contributed by atoms with Crippen LogP contribution in [0.1, 0.15) is 43.1 Å². The van der Waals surface area contributed by atoms with Crippen LogP contribution in [-0.4, -0.2) is 77.4 Å². The molecule has 4 rings (SSSR count). The van der Waals surface area contributed by atoms with E-state index in [1.54, 1.807) is 0 Å². The average molecular weight is 360 g/mol. The third-order valence-electron chi connectivity index (χ3n) is 5.77. The van der Waals surface area contributed by atoms with Crippen LogP contribution >= 0.6 is 0 Å². The summed E-state index contributed by atoms with van der Waals surface area (Å²) in [4.78, 5) is 25.8. The molecule has 1 aromatic rings. The van der Waals surface area contributed by atoms with E-state index in [9.17, 15) is 4.79 Å². The molecule has 4 heterocycles. The van der Waals surface area contributed by atoms with E-state index in [1.165, 1.54) is 0 Å². The van der Waals surface area contributed by atoms with E-state index in [2.05, 4.69) is 14.9 Å². The minimum absolute atomic E-state index is 0.220. The summed E-state index contributed by atoms with van der Waals surface area (Å²) >= 11 is 0. The van der Waals surface area contributed by atoms with Gasteiger partial charge in [0.2, 0.25) is 5.91 Å². The number of piperidine rings is 2. The monoisotopic (exact) mass is 360 g/mol. The molecule has 0 bridgehead atoms. The number of amides is 1. The van der Waals surface area contributed by atoms with Crippen LogP contribution < -0.4 is 0 Å². The van der Waals surface area contributed by atoms with Gasteiger partial charge in [0.1, 0.15) is 5.82 Å². The summed E-state index contributed by atoms with van der Waals surface area (Å²) in [7, 11) is 0. The number of likely N-dealkylation sites (tertiary alicyclic amines) is 2. The van der Waals surface area contributed by atoms with Crippen LogP contribution in [0.25, 0.3) is 0 Å². The molecule has 3 aliphatic rings. The molecule has 3 fully saturated rings. The Morgan fingerprint density at radius 3 is 2.77 bits per heavy atom. The highest BCUT2D eigenvalue weighted by Gasteiger charge is 2.41. The Morgan fingerprint density at radius 2 is 2.04 bits per heavy atom. The quantitative estimate of drug-likeness (QED) is 0.810. The lowest BCUT2D eigenvalue weighted by Crippen LogP contribution is -2.50. The maximum atomic E-state index is 12.7. The largest absolute Gasteiger partial charge is 0.347 e. The molecular weight excluding hydrogens is 332 g/mol. The molecular formula is C19H28N4O3. The van der Waals surface area contributed by atoms with Gasteiger partial charge >= 0.3 is 0 Å². The molecule has 0 aromatic carbocycles. The fraction of sp³-hybridized carbons (Fsp3) is 0.737. The van der Waals surface area contributed by atoms with Crippen LogP contribution in [0.5, 0.6) is 0 Å². The lowest BCUT2D eigenvalue weighted by atomic mass is 9.94. The highest BCUT2D eigenvalue weighted by Crippen LogP contribution is 2.31. The summed E-state index contributed by atoms with van der Waals surface area (Å²) in [6.45, 7) is 7.09. The second-order valence-electron chi connectivity index (χ2n) is 7.59. The second-order valence-corrected chi connectivity index (χ2v) is 7.59. The minimum atomic E-state index is -0.419. The summed E-state index contributed by atoms with van der Waals surface area (Å²) in [6.07, 6.45) is 5.62. The van der Waals surface area contributed by atoms with E-state index in [0.29, 0.717) is 25.7 Å². The first-order valence-electron chi connectivity index (χ1n) is 9.71. The van der Waals surface area contributed by atoms with Crippen LogP contribution in [0.2, 0.25) is 0 Å². The molecule has 7 heteroatoms. The van der Waals surface area contributed by atoms with E-state index in [0.717, 1.165) is 63.4 Å². The Balaban J connectivity index is 1.30. The molecule has 3 aliphatic heterocycles. The zero-order chi connectivity index (χ0) is 18.0. The van der Waals surface area contributed by atoms with Crippen molar-refractivity contribution < 1.29 is 14.3 Å². The third-order valence-corrected chi connectivity index (χ3v) is 5.77. The Labute approximate surface area is 154 Å². The maximum Gasteiger partial charge on any atom is 0.236 e. The van der Waals surface area contributed by atoms with Crippen molar-refractivity contribution in [1.29, 1.82) is 0 Å². The highest BCUT2D eigenvalue weighted by atomic mass is 16.7. The summed E-state index contributed by atoms with van der Waals surface area (Å²) in [5.74, 6) is 1.01. The van der Waals surface area contributed by atoms with E-state index >= 15 is 0 Å². The minimum Gasteiger partial charge on any atom is -0.347 e. The zero-order valence-corrected chi connectivity index (χ0v) is 15.5. The third kappa shape index (κ3) is 3.89. The Bertz CT molecular complexity index is 637. The van der Waals surface area contributed by atoms with Gasteiger partial charge in [-0.1, -0.05) is 0 Å². The molecule has 1 amide bonds. The number of hydrogen-bond donors (Lipinski definition) is 0. The molecule has 1 aromatic heterocycles. The summed E-state index contributed by atoms with van der Waals surface area (Å²) in [5, 5.41) is 0. The SMILES string of the molecule is Cc1nccc([C@H]2CCCN(CC(=O)N3CCC4(CC3)OCCO4)C2)n1. The molecule has 0 unspecified atom stereocenters. The zero-order valence-electron chi connectivity index (χ0n) is 15.5. The number of hydrogen-bond acceptors (Lipinski definition) is 6. The predicted octanol–water partition coefficient (Wildman–Crippen LogP) is 1.33. The normalized spacial score (nSPS) is 26.3. The number of carbonyl (C=O) groups is 1. The van der Waals surface area contributed by atoms with Crippen LogP contribution in [0.3, 0.4) is 0 Å². The van der Waals surface area contributed by atoms with Crippen molar-refractivity contribution in [2.45, 2.75) is 44.3 Å². The highest BCUT2D eigenvalue weighted by molar-refractivity contribution is 5.78. The molecule has 7 nitrogen and oxygen atoms in total. The van der Waals surface area contributed by atoms with E-state index < -0.39 is 5.79 Å². The topological polar surface area (TPSA) is 67.8 Å². The standard InChI is InChI=1S/C19H28N4O3/c1-15-20-7-4-17(21-15)16-3-2-8-22(13-16)14-18(24)23-9-5-19(6-10-23)25-11-12-26-19/h4,7,16H,2-3,5-6,8-14H2,1H3/t16-/m0/s1. The number of rotatable bonds is 3. The van der Waals surface area contributed by atoms with Crippen LogP contribution in [0.15, 0.2) is 12.3 Å². The van der Waals surface area contributed by atoms with Crippen molar-refractivity contribution in [2.75, 3.05) is 45.9 Å². The first kappa shape index (κ1) is 17.8. The maximum absolute atomic E-state index is 12.7. The Kier molecular flexibility index (Phi) is 5.20.